The number of benzene rings is 2. The highest BCUT2D eigenvalue weighted by Gasteiger charge is 2.03. The third-order valence-electron chi connectivity index (χ3n) is 3.65. The zero-order valence-corrected chi connectivity index (χ0v) is 12.4. The second-order valence-corrected chi connectivity index (χ2v) is 5.35. The van der Waals surface area contributed by atoms with E-state index in [9.17, 15) is 0 Å². The summed E-state index contributed by atoms with van der Waals surface area (Å²) in [4.78, 5) is 4.46. The molecule has 3 rings (SSSR count). The molecule has 0 saturated heterocycles. The fraction of sp³-hybridized carbons (Fsp3) is 0.278. The molecule has 1 N–H and O–H groups in total. The topological polar surface area (TPSA) is 29.9 Å². The van der Waals surface area contributed by atoms with Gasteiger partial charge < -0.3 is 9.88 Å². The summed E-state index contributed by atoms with van der Waals surface area (Å²) in [6, 6.07) is 15.0. The predicted molar refractivity (Wildman–Crippen MR) is 87.3 cm³/mol. The van der Waals surface area contributed by atoms with E-state index in [2.05, 4.69) is 70.5 Å². The van der Waals surface area contributed by atoms with Gasteiger partial charge in [-0.1, -0.05) is 49.4 Å². The first-order valence-corrected chi connectivity index (χ1v) is 7.55. The van der Waals surface area contributed by atoms with Crippen LogP contribution >= 0.6 is 0 Å². The second-order valence-electron chi connectivity index (χ2n) is 5.35. The first-order chi connectivity index (χ1) is 10.4. The number of hydrogen-bond acceptors (Lipinski definition) is 2. The normalized spacial score (nSPS) is 11.1. The van der Waals surface area contributed by atoms with Gasteiger partial charge in [0.15, 0.2) is 0 Å². The van der Waals surface area contributed by atoms with E-state index in [1.165, 1.54) is 16.3 Å². The highest BCUT2D eigenvalue weighted by molar-refractivity contribution is 5.85. The Kier molecular flexibility index (Phi) is 4.31. The maximum absolute atomic E-state index is 4.46. The minimum Gasteiger partial charge on any atom is -0.333 e. The quantitative estimate of drug-likeness (QED) is 0.699. The van der Waals surface area contributed by atoms with E-state index < -0.39 is 0 Å². The van der Waals surface area contributed by atoms with E-state index >= 15 is 0 Å². The van der Waals surface area contributed by atoms with Crippen LogP contribution in [0.5, 0.6) is 0 Å². The van der Waals surface area contributed by atoms with Gasteiger partial charge in [-0.3, -0.25) is 0 Å². The van der Waals surface area contributed by atoms with Gasteiger partial charge in [-0.05, 0) is 29.3 Å². The molecule has 0 aliphatic carbocycles. The van der Waals surface area contributed by atoms with Crippen LogP contribution < -0.4 is 5.32 Å². The maximum atomic E-state index is 4.46. The molecule has 0 fully saturated rings. The van der Waals surface area contributed by atoms with Crippen LogP contribution in [0.25, 0.3) is 10.8 Å². The van der Waals surface area contributed by atoms with Gasteiger partial charge in [-0.25, -0.2) is 4.98 Å². The van der Waals surface area contributed by atoms with Crippen molar-refractivity contribution in [3.63, 3.8) is 0 Å². The molecule has 0 amide bonds. The number of aromatic nitrogens is 2. The highest BCUT2D eigenvalue weighted by atomic mass is 15.0. The predicted octanol–water partition coefficient (Wildman–Crippen LogP) is 3.58. The molecule has 0 saturated carbocycles. The largest absolute Gasteiger partial charge is 0.333 e. The van der Waals surface area contributed by atoms with Crippen molar-refractivity contribution in [3.8, 4) is 0 Å². The Labute approximate surface area is 125 Å². The summed E-state index contributed by atoms with van der Waals surface area (Å²) < 4.78 is 2.16. The third kappa shape index (κ3) is 3.31. The van der Waals surface area contributed by atoms with Gasteiger partial charge in [0.05, 0.1) is 12.0 Å². The Morgan fingerprint density at radius 2 is 1.95 bits per heavy atom. The first kappa shape index (κ1) is 13.8. The molecule has 0 aliphatic rings. The molecule has 0 atom stereocenters. The lowest BCUT2D eigenvalue weighted by molar-refractivity contribution is 0.665. The van der Waals surface area contributed by atoms with E-state index in [1.807, 2.05) is 6.33 Å². The van der Waals surface area contributed by atoms with Crippen LogP contribution in [0.4, 0.5) is 0 Å². The number of nitrogens with zero attached hydrogens (tertiary/aromatic N) is 2. The summed E-state index contributed by atoms with van der Waals surface area (Å²) in [5.74, 6) is 0. The molecule has 3 aromatic rings. The van der Waals surface area contributed by atoms with Crippen molar-refractivity contribution in [2.75, 3.05) is 6.54 Å². The minimum atomic E-state index is 0.844. The van der Waals surface area contributed by atoms with Crippen molar-refractivity contribution < 1.29 is 0 Å². The summed E-state index contributed by atoms with van der Waals surface area (Å²) in [7, 11) is 0. The number of hydrogen-bond donors (Lipinski definition) is 1. The second kappa shape index (κ2) is 6.55. The molecule has 2 aromatic carbocycles. The van der Waals surface area contributed by atoms with Gasteiger partial charge in [0.25, 0.3) is 0 Å². The van der Waals surface area contributed by atoms with Crippen molar-refractivity contribution in [1.82, 2.24) is 14.9 Å². The van der Waals surface area contributed by atoms with Gasteiger partial charge in [0.1, 0.15) is 0 Å². The van der Waals surface area contributed by atoms with E-state index in [0.29, 0.717) is 0 Å². The number of imidazole rings is 1. The highest BCUT2D eigenvalue weighted by Crippen LogP contribution is 2.19. The molecular formula is C18H21N3. The van der Waals surface area contributed by atoms with Crippen molar-refractivity contribution in [2.45, 2.75) is 26.4 Å². The van der Waals surface area contributed by atoms with E-state index in [1.54, 1.807) is 0 Å². The fourth-order valence-corrected chi connectivity index (χ4v) is 2.60. The molecule has 1 aromatic heterocycles. The van der Waals surface area contributed by atoms with Crippen LogP contribution in [0.3, 0.4) is 0 Å². The van der Waals surface area contributed by atoms with Gasteiger partial charge in [0.2, 0.25) is 0 Å². The Morgan fingerprint density at radius 3 is 2.86 bits per heavy atom. The number of nitrogens with one attached hydrogen (secondary N) is 1. The first-order valence-electron chi connectivity index (χ1n) is 7.55. The molecule has 0 spiro atoms. The maximum Gasteiger partial charge on any atom is 0.0953 e. The zero-order valence-electron chi connectivity index (χ0n) is 12.4. The molecule has 0 aliphatic heterocycles. The Morgan fingerprint density at radius 1 is 1.10 bits per heavy atom. The van der Waals surface area contributed by atoms with Crippen LogP contribution in [-0.2, 0) is 13.1 Å². The molecule has 108 valence electrons. The molecule has 0 bridgehead atoms. The average molecular weight is 279 g/mol. The average Bonchev–Trinajstić information content (AvgIpc) is 2.96. The van der Waals surface area contributed by atoms with Crippen LogP contribution in [-0.4, -0.2) is 16.1 Å². The zero-order chi connectivity index (χ0) is 14.5. The van der Waals surface area contributed by atoms with Crippen molar-refractivity contribution in [2.24, 2.45) is 0 Å². The van der Waals surface area contributed by atoms with Crippen molar-refractivity contribution >= 4 is 10.8 Å². The van der Waals surface area contributed by atoms with E-state index in [-0.39, 0.29) is 0 Å². The van der Waals surface area contributed by atoms with E-state index in [4.69, 9.17) is 0 Å². The molecule has 3 nitrogen and oxygen atoms in total. The van der Waals surface area contributed by atoms with Gasteiger partial charge in [0, 0.05) is 19.3 Å². The number of fused-ring (bicyclic) bond motifs is 1. The molecular weight excluding hydrogens is 258 g/mol. The van der Waals surface area contributed by atoms with Crippen LogP contribution in [0.2, 0.25) is 0 Å². The molecule has 0 radical (unpaired) electrons. The third-order valence-corrected chi connectivity index (χ3v) is 3.65. The summed E-state index contributed by atoms with van der Waals surface area (Å²) in [6.45, 7) is 4.92. The fourth-order valence-electron chi connectivity index (χ4n) is 2.60. The van der Waals surface area contributed by atoms with Crippen LogP contribution in [0.15, 0.2) is 55.0 Å². The Balaban J connectivity index is 1.76. The van der Waals surface area contributed by atoms with Gasteiger partial charge >= 0.3 is 0 Å². The summed E-state index contributed by atoms with van der Waals surface area (Å²) in [6.07, 6.45) is 5.20. The monoisotopic (exact) mass is 279 g/mol. The smallest absolute Gasteiger partial charge is 0.0953 e. The Bertz CT molecular complexity index is 710. The molecule has 21 heavy (non-hydrogen) atoms. The summed E-state index contributed by atoms with van der Waals surface area (Å²) in [5.41, 5.74) is 2.43. The minimum absolute atomic E-state index is 0.844. The molecule has 0 unspecified atom stereocenters. The summed E-state index contributed by atoms with van der Waals surface area (Å²) in [5, 5.41) is 5.99. The lowest BCUT2D eigenvalue weighted by atomic mass is 10.0. The van der Waals surface area contributed by atoms with Crippen LogP contribution in [0.1, 0.15) is 24.6 Å². The standard InChI is InChI=1S/C18H21N3/c1-2-10-19-11-17-13-21(14-20-17)12-16-8-5-7-15-6-3-4-9-18(15)16/h3-9,13-14,19H,2,10-12H2,1H3. The molecule has 3 heteroatoms. The van der Waals surface area contributed by atoms with Crippen molar-refractivity contribution in [3.05, 3.63) is 66.2 Å². The number of rotatable bonds is 6. The molecule has 1 heterocycles. The van der Waals surface area contributed by atoms with Crippen LogP contribution in [0, 0.1) is 0 Å². The van der Waals surface area contributed by atoms with Gasteiger partial charge in [-0.2, -0.15) is 0 Å². The lowest BCUT2D eigenvalue weighted by Crippen LogP contribution is -2.13. The lowest BCUT2D eigenvalue weighted by Gasteiger charge is -2.07. The summed E-state index contributed by atoms with van der Waals surface area (Å²) >= 11 is 0. The van der Waals surface area contributed by atoms with E-state index in [0.717, 1.165) is 31.7 Å². The van der Waals surface area contributed by atoms with Crippen molar-refractivity contribution in [1.29, 1.82) is 0 Å². The van der Waals surface area contributed by atoms with Gasteiger partial charge in [-0.15, -0.1) is 0 Å². The SMILES string of the molecule is CCCNCc1cn(Cc2cccc3ccccc23)cn1. The Hall–Kier alpha value is -2.13.